The van der Waals surface area contributed by atoms with Gasteiger partial charge in [0.05, 0.1) is 13.2 Å². The molecule has 20 heavy (non-hydrogen) atoms. The Morgan fingerprint density at radius 3 is 2.10 bits per heavy atom. The molecule has 0 aliphatic rings. The van der Waals surface area contributed by atoms with Gasteiger partial charge in [0, 0.05) is 16.7 Å². The Hall–Kier alpha value is -2.28. The Morgan fingerprint density at radius 1 is 1.00 bits per heavy atom. The molecule has 0 spiro atoms. The van der Waals surface area contributed by atoms with E-state index in [0.717, 1.165) is 5.56 Å². The second kappa shape index (κ2) is 6.76. The summed E-state index contributed by atoms with van der Waals surface area (Å²) >= 11 is 0. The fourth-order valence-electron chi connectivity index (χ4n) is 1.99. The molecule has 2 aromatic carbocycles. The molecule has 0 fully saturated rings. The first kappa shape index (κ1) is 14.1. The number of terminal acetylenes is 1. The van der Waals surface area contributed by atoms with E-state index in [1.54, 1.807) is 12.1 Å². The maximum atomic E-state index is 9.43. The van der Waals surface area contributed by atoms with Crippen molar-refractivity contribution in [2.45, 2.75) is 19.8 Å². The molecule has 2 rings (SSSR count). The van der Waals surface area contributed by atoms with Gasteiger partial charge >= 0.3 is 0 Å². The van der Waals surface area contributed by atoms with Crippen LogP contribution in [0.2, 0.25) is 0 Å². The van der Waals surface area contributed by atoms with Crippen molar-refractivity contribution in [3.63, 3.8) is 0 Å². The van der Waals surface area contributed by atoms with Crippen LogP contribution in [0.1, 0.15) is 22.3 Å². The highest BCUT2D eigenvalue weighted by molar-refractivity contribution is 5.49. The van der Waals surface area contributed by atoms with Crippen molar-refractivity contribution < 1.29 is 14.9 Å². The van der Waals surface area contributed by atoms with Crippen LogP contribution in [0.15, 0.2) is 42.5 Å². The smallest absolute Gasteiger partial charge is 0.130 e. The van der Waals surface area contributed by atoms with Gasteiger partial charge in [-0.1, -0.05) is 36.3 Å². The second-order valence-electron chi connectivity index (χ2n) is 4.36. The van der Waals surface area contributed by atoms with E-state index in [9.17, 15) is 10.2 Å². The molecule has 3 heteroatoms. The second-order valence-corrected chi connectivity index (χ2v) is 4.36. The molecule has 0 saturated carbocycles. The van der Waals surface area contributed by atoms with E-state index >= 15 is 0 Å². The van der Waals surface area contributed by atoms with Crippen molar-refractivity contribution in [3.8, 4) is 18.1 Å². The van der Waals surface area contributed by atoms with Crippen molar-refractivity contribution in [3.05, 3.63) is 64.7 Å². The zero-order chi connectivity index (χ0) is 14.4. The van der Waals surface area contributed by atoms with Crippen LogP contribution in [-0.4, -0.2) is 10.2 Å². The summed E-state index contributed by atoms with van der Waals surface area (Å²) in [6.07, 6.45) is 5.36. The third-order valence-electron chi connectivity index (χ3n) is 2.98. The van der Waals surface area contributed by atoms with Crippen LogP contribution in [0.25, 0.3) is 0 Å². The van der Waals surface area contributed by atoms with E-state index in [1.165, 1.54) is 0 Å². The highest BCUT2D eigenvalue weighted by Gasteiger charge is 2.11. The number of ether oxygens (including phenoxy) is 1. The predicted molar refractivity (Wildman–Crippen MR) is 77.0 cm³/mol. The minimum absolute atomic E-state index is 0.188. The van der Waals surface area contributed by atoms with Gasteiger partial charge in [-0.3, -0.25) is 0 Å². The molecule has 0 heterocycles. The number of rotatable bonds is 5. The van der Waals surface area contributed by atoms with E-state index < -0.39 is 0 Å². The summed E-state index contributed by atoms with van der Waals surface area (Å²) in [6, 6.07) is 13.1. The summed E-state index contributed by atoms with van der Waals surface area (Å²) in [5.41, 5.74) is 2.80. The summed E-state index contributed by atoms with van der Waals surface area (Å²) < 4.78 is 5.75. The molecule has 102 valence electrons. The quantitative estimate of drug-likeness (QED) is 0.818. The predicted octanol–water partition coefficient (Wildman–Crippen LogP) is 2.23. The summed E-state index contributed by atoms with van der Waals surface area (Å²) in [5.74, 6) is 3.00. The van der Waals surface area contributed by atoms with Crippen LogP contribution in [0.4, 0.5) is 0 Å². The number of hydrogen-bond donors (Lipinski definition) is 2. The molecule has 0 aliphatic heterocycles. The Morgan fingerprint density at radius 2 is 1.60 bits per heavy atom. The van der Waals surface area contributed by atoms with Gasteiger partial charge in [-0.2, -0.15) is 0 Å². The highest BCUT2D eigenvalue weighted by atomic mass is 16.5. The van der Waals surface area contributed by atoms with E-state index in [-0.39, 0.29) is 13.2 Å². The third kappa shape index (κ3) is 3.18. The summed E-state index contributed by atoms with van der Waals surface area (Å²) in [6.45, 7) is -0.00444. The van der Waals surface area contributed by atoms with E-state index in [1.807, 2.05) is 30.3 Å². The first-order valence-corrected chi connectivity index (χ1v) is 6.29. The first-order valence-electron chi connectivity index (χ1n) is 6.29. The van der Waals surface area contributed by atoms with Crippen molar-refractivity contribution in [1.82, 2.24) is 0 Å². The molecule has 0 saturated heterocycles. The normalized spacial score (nSPS) is 10.1. The number of hydrogen-bond acceptors (Lipinski definition) is 3. The first-order chi connectivity index (χ1) is 9.78. The van der Waals surface area contributed by atoms with Crippen molar-refractivity contribution >= 4 is 0 Å². The molecule has 0 radical (unpaired) electrons. The Bertz CT molecular complexity index is 587. The minimum Gasteiger partial charge on any atom is -0.488 e. The Kier molecular flexibility index (Phi) is 4.78. The van der Waals surface area contributed by atoms with Crippen LogP contribution in [0, 0.1) is 12.3 Å². The molecule has 0 atom stereocenters. The molecule has 0 aromatic heterocycles. The van der Waals surface area contributed by atoms with Gasteiger partial charge in [0.1, 0.15) is 12.4 Å². The zero-order valence-corrected chi connectivity index (χ0v) is 11.0. The van der Waals surface area contributed by atoms with Gasteiger partial charge in [-0.15, -0.1) is 6.42 Å². The maximum Gasteiger partial charge on any atom is 0.130 e. The van der Waals surface area contributed by atoms with Crippen molar-refractivity contribution in [2.24, 2.45) is 0 Å². The van der Waals surface area contributed by atoms with Crippen molar-refractivity contribution in [1.29, 1.82) is 0 Å². The van der Waals surface area contributed by atoms with E-state index in [0.29, 0.717) is 29.0 Å². The average molecular weight is 268 g/mol. The Balaban J connectivity index is 2.28. The molecular formula is C17H16O3. The molecule has 0 unspecified atom stereocenters. The minimum atomic E-state index is -0.188. The highest BCUT2D eigenvalue weighted by Crippen LogP contribution is 2.27. The maximum absolute atomic E-state index is 9.43. The molecule has 2 aromatic rings. The van der Waals surface area contributed by atoms with E-state index in [4.69, 9.17) is 11.2 Å². The zero-order valence-electron chi connectivity index (χ0n) is 11.0. The van der Waals surface area contributed by atoms with Crippen molar-refractivity contribution in [2.75, 3.05) is 0 Å². The van der Waals surface area contributed by atoms with Crippen LogP contribution in [0.5, 0.6) is 5.75 Å². The fraction of sp³-hybridized carbons (Fsp3) is 0.176. The van der Waals surface area contributed by atoms with Gasteiger partial charge in [0.2, 0.25) is 0 Å². The topological polar surface area (TPSA) is 49.7 Å². The number of benzene rings is 2. The molecule has 0 bridgehead atoms. The van der Waals surface area contributed by atoms with Crippen LogP contribution >= 0.6 is 0 Å². The van der Waals surface area contributed by atoms with E-state index in [2.05, 4.69) is 5.92 Å². The van der Waals surface area contributed by atoms with Gasteiger partial charge in [0.15, 0.2) is 0 Å². The molecule has 3 nitrogen and oxygen atoms in total. The monoisotopic (exact) mass is 268 g/mol. The Labute approximate surface area is 118 Å². The summed E-state index contributed by atoms with van der Waals surface area (Å²) in [5, 5.41) is 18.9. The largest absolute Gasteiger partial charge is 0.488 e. The van der Waals surface area contributed by atoms with Gasteiger partial charge in [-0.25, -0.2) is 0 Å². The average Bonchev–Trinajstić information content (AvgIpc) is 2.52. The van der Waals surface area contributed by atoms with Crippen LogP contribution < -0.4 is 4.74 Å². The lowest BCUT2D eigenvalue weighted by Gasteiger charge is -2.15. The van der Waals surface area contributed by atoms with Gasteiger partial charge < -0.3 is 14.9 Å². The molecule has 0 amide bonds. The summed E-state index contributed by atoms with van der Waals surface area (Å²) in [7, 11) is 0. The molecular weight excluding hydrogens is 252 g/mol. The lowest BCUT2D eigenvalue weighted by molar-refractivity contribution is 0.242. The van der Waals surface area contributed by atoms with Gasteiger partial charge in [0.25, 0.3) is 0 Å². The van der Waals surface area contributed by atoms with Gasteiger partial charge in [-0.05, 0) is 17.7 Å². The third-order valence-corrected chi connectivity index (χ3v) is 2.98. The SMILES string of the molecule is C#Cc1cc(CO)c(OCc2ccccc2)c(CO)c1. The van der Waals surface area contributed by atoms with Crippen LogP contribution in [0.3, 0.4) is 0 Å². The molecule has 2 N–H and O–H groups in total. The lowest BCUT2D eigenvalue weighted by atomic mass is 10.0. The molecule has 0 aliphatic carbocycles. The fourth-order valence-corrected chi connectivity index (χ4v) is 1.99. The standard InChI is InChI=1S/C17H16O3/c1-2-13-8-15(10-18)17(16(9-13)11-19)20-12-14-6-4-3-5-7-14/h1,3-9,18-19H,10-12H2. The summed E-state index contributed by atoms with van der Waals surface area (Å²) in [4.78, 5) is 0. The number of aliphatic hydroxyl groups excluding tert-OH is 2. The number of aliphatic hydroxyl groups is 2. The lowest BCUT2D eigenvalue weighted by Crippen LogP contribution is -2.03. The van der Waals surface area contributed by atoms with Crippen LogP contribution in [-0.2, 0) is 19.8 Å².